The monoisotopic (exact) mass is 484 g/mol. The van der Waals surface area contributed by atoms with E-state index in [0.717, 1.165) is 16.8 Å². The molecule has 0 radical (unpaired) electrons. The molecule has 0 fully saturated rings. The average Bonchev–Trinajstić information content (AvgIpc) is 3.25. The number of thiazole rings is 1. The first kappa shape index (κ1) is 23.0. The molecule has 0 aliphatic carbocycles. The number of rotatable bonds is 7. The normalized spacial score (nSPS) is 13.2. The van der Waals surface area contributed by atoms with E-state index in [0.29, 0.717) is 42.3 Å². The molecule has 1 aliphatic rings. The lowest BCUT2D eigenvalue weighted by Crippen LogP contribution is -2.33. The van der Waals surface area contributed by atoms with Crippen molar-refractivity contribution in [3.05, 3.63) is 86.0 Å². The van der Waals surface area contributed by atoms with Crippen LogP contribution in [0.2, 0.25) is 0 Å². The zero-order valence-electron chi connectivity index (χ0n) is 18.1. The lowest BCUT2D eigenvalue weighted by Gasteiger charge is -2.29. The van der Waals surface area contributed by atoms with E-state index in [2.05, 4.69) is 15.6 Å². The molecule has 2 heterocycles. The maximum absolute atomic E-state index is 13.2. The van der Waals surface area contributed by atoms with E-state index >= 15 is 0 Å². The second kappa shape index (κ2) is 9.75. The van der Waals surface area contributed by atoms with Crippen LogP contribution in [0.3, 0.4) is 0 Å². The summed E-state index contributed by atoms with van der Waals surface area (Å²) in [6.45, 7) is 0.782. The molecule has 4 N–H and O–H groups in total. The third-order valence-electron chi connectivity index (χ3n) is 5.12. The number of nitrogen functional groups attached to an aromatic ring is 1. The number of nitrogens with zero attached hydrogens (tertiary/aromatic N) is 3. The van der Waals surface area contributed by atoms with Gasteiger partial charge in [-0.2, -0.15) is 0 Å². The van der Waals surface area contributed by atoms with Crippen LogP contribution in [-0.4, -0.2) is 34.4 Å². The Labute approximate surface area is 198 Å². The minimum Gasteiger partial charge on any atom is -0.497 e. The van der Waals surface area contributed by atoms with Crippen LogP contribution in [0.5, 0.6) is 5.75 Å². The van der Waals surface area contributed by atoms with E-state index < -0.39 is 16.6 Å². The minimum atomic E-state index is -0.550. The zero-order chi connectivity index (χ0) is 24.2. The van der Waals surface area contributed by atoms with Gasteiger partial charge in [0.15, 0.2) is 10.8 Å². The molecule has 2 aromatic carbocycles. The Hall–Kier alpha value is -4.19. The maximum Gasteiger partial charge on any atom is 0.284 e. The van der Waals surface area contributed by atoms with E-state index in [1.807, 2.05) is 0 Å². The number of carbonyl (C=O) groups excluding carboxylic acids is 1. The van der Waals surface area contributed by atoms with Gasteiger partial charge in [-0.3, -0.25) is 14.9 Å². The molecule has 0 bridgehead atoms. The van der Waals surface area contributed by atoms with E-state index in [9.17, 15) is 19.3 Å². The van der Waals surface area contributed by atoms with Crippen LogP contribution < -0.4 is 21.1 Å². The van der Waals surface area contributed by atoms with Crippen molar-refractivity contribution in [1.29, 1.82) is 0 Å². The smallest absolute Gasteiger partial charge is 0.284 e. The predicted octanol–water partition coefficient (Wildman–Crippen LogP) is 3.67. The molecule has 176 valence electrons. The van der Waals surface area contributed by atoms with Gasteiger partial charge in [-0.25, -0.2) is 9.37 Å². The number of ether oxygens (including phenoxy) is 1. The third-order valence-corrected chi connectivity index (χ3v) is 6.20. The Bertz CT molecular complexity index is 1260. The van der Waals surface area contributed by atoms with Crippen LogP contribution in [0.25, 0.3) is 0 Å². The number of amides is 1. The number of aromatic nitrogens is 1. The van der Waals surface area contributed by atoms with Crippen molar-refractivity contribution in [2.45, 2.75) is 13.0 Å². The van der Waals surface area contributed by atoms with E-state index in [-0.39, 0.29) is 10.8 Å². The summed E-state index contributed by atoms with van der Waals surface area (Å²) in [6, 6.07) is 10.5. The van der Waals surface area contributed by atoms with Crippen molar-refractivity contribution in [2.24, 2.45) is 0 Å². The summed E-state index contributed by atoms with van der Waals surface area (Å²) in [5.74, 6) is -0.00122. The molecule has 4 rings (SSSR count). The molecule has 10 nitrogen and oxygen atoms in total. The molecule has 0 spiro atoms. The second-order valence-electron chi connectivity index (χ2n) is 7.40. The van der Waals surface area contributed by atoms with Crippen LogP contribution in [0.4, 0.5) is 21.5 Å². The molecule has 0 saturated heterocycles. The van der Waals surface area contributed by atoms with Crippen LogP contribution in [-0.2, 0) is 13.0 Å². The van der Waals surface area contributed by atoms with Gasteiger partial charge < -0.3 is 26.0 Å². The number of hydrogen-bond donors (Lipinski definition) is 3. The number of benzene rings is 2. The second-order valence-corrected chi connectivity index (χ2v) is 8.48. The van der Waals surface area contributed by atoms with Crippen LogP contribution >= 0.6 is 11.3 Å². The fourth-order valence-electron chi connectivity index (χ4n) is 3.42. The number of nitrogens with one attached hydrogen (secondary N) is 2. The summed E-state index contributed by atoms with van der Waals surface area (Å²) in [6.07, 6.45) is 1.37. The Kier molecular flexibility index (Phi) is 6.59. The number of hydrogen-bond acceptors (Lipinski definition) is 9. The fraction of sp³-hybridized carbons (Fsp3) is 0.182. The first-order valence-corrected chi connectivity index (χ1v) is 11.0. The van der Waals surface area contributed by atoms with Gasteiger partial charge in [0.2, 0.25) is 0 Å². The number of carbonyl (C=O) groups is 1. The van der Waals surface area contributed by atoms with Gasteiger partial charge in [0.25, 0.3) is 12.1 Å². The molecular formula is C22H21FN6O4S. The highest BCUT2D eigenvalue weighted by molar-refractivity contribution is 7.13. The van der Waals surface area contributed by atoms with Crippen LogP contribution in [0, 0.1) is 15.9 Å². The summed E-state index contributed by atoms with van der Waals surface area (Å²) in [5, 5.41) is 17.2. The van der Waals surface area contributed by atoms with Crippen molar-refractivity contribution < 1.29 is 18.8 Å². The number of nitro groups is 1. The van der Waals surface area contributed by atoms with E-state index in [1.165, 1.54) is 42.7 Å². The van der Waals surface area contributed by atoms with Crippen molar-refractivity contribution in [3.63, 3.8) is 0 Å². The third kappa shape index (κ3) is 5.23. The lowest BCUT2D eigenvalue weighted by atomic mass is 10.2. The molecular weight excluding hydrogens is 463 g/mol. The lowest BCUT2D eigenvalue weighted by molar-refractivity contribution is -0.404. The first-order valence-electron chi connectivity index (χ1n) is 10.2. The summed E-state index contributed by atoms with van der Waals surface area (Å²) in [5.41, 5.74) is 8.04. The predicted molar refractivity (Wildman–Crippen MR) is 127 cm³/mol. The topological polar surface area (TPSA) is 136 Å². The van der Waals surface area contributed by atoms with Crippen molar-refractivity contribution in [3.8, 4) is 5.75 Å². The molecule has 0 atom stereocenters. The van der Waals surface area contributed by atoms with Crippen molar-refractivity contribution in [1.82, 2.24) is 9.88 Å². The van der Waals surface area contributed by atoms with Gasteiger partial charge in [-0.1, -0.05) is 0 Å². The highest BCUT2D eigenvalue weighted by Gasteiger charge is 2.26. The summed E-state index contributed by atoms with van der Waals surface area (Å²) in [7, 11) is 1.52. The summed E-state index contributed by atoms with van der Waals surface area (Å²) < 4.78 is 18.4. The molecule has 1 aromatic heterocycles. The van der Waals surface area contributed by atoms with Crippen molar-refractivity contribution in [2.75, 3.05) is 30.0 Å². The Morgan fingerprint density at radius 1 is 1.29 bits per heavy atom. The molecule has 1 amide bonds. The quantitative estimate of drug-likeness (QED) is 0.263. The molecule has 12 heteroatoms. The fourth-order valence-corrected chi connectivity index (χ4v) is 4.44. The Morgan fingerprint density at radius 3 is 2.76 bits per heavy atom. The average molecular weight is 485 g/mol. The first-order chi connectivity index (χ1) is 16.3. The van der Waals surface area contributed by atoms with Gasteiger partial charge in [-0.05, 0) is 36.4 Å². The molecule has 3 aromatic rings. The van der Waals surface area contributed by atoms with Gasteiger partial charge in [0, 0.05) is 29.6 Å². The Balaban J connectivity index is 1.51. The van der Waals surface area contributed by atoms with Gasteiger partial charge >= 0.3 is 0 Å². The number of nitrogens with two attached hydrogens (primary N) is 1. The van der Waals surface area contributed by atoms with E-state index in [4.69, 9.17) is 10.5 Å². The SMILES string of the molecule is COc1ccc(N)c(NC(=O)c2nc3c(s2)CN(/C(=C\[N+](=O)[O-])Nc2ccc(F)cc2)CC3)c1. The minimum absolute atomic E-state index is 0.255. The van der Waals surface area contributed by atoms with Crippen LogP contribution in [0.1, 0.15) is 20.4 Å². The van der Waals surface area contributed by atoms with E-state index in [1.54, 1.807) is 23.1 Å². The highest BCUT2D eigenvalue weighted by Crippen LogP contribution is 2.30. The van der Waals surface area contributed by atoms with Crippen LogP contribution in [0.15, 0.2) is 54.5 Å². The van der Waals surface area contributed by atoms with Gasteiger partial charge in [0.1, 0.15) is 11.6 Å². The van der Waals surface area contributed by atoms with Gasteiger partial charge in [-0.15, -0.1) is 11.3 Å². The van der Waals surface area contributed by atoms with Gasteiger partial charge in [0.05, 0.1) is 35.6 Å². The number of methoxy groups -OCH3 is 1. The summed E-state index contributed by atoms with van der Waals surface area (Å²) >= 11 is 1.22. The molecule has 0 saturated carbocycles. The molecule has 1 aliphatic heterocycles. The van der Waals surface area contributed by atoms with Crippen molar-refractivity contribution >= 4 is 34.3 Å². The largest absolute Gasteiger partial charge is 0.497 e. The number of fused-ring (bicyclic) bond motifs is 1. The molecule has 34 heavy (non-hydrogen) atoms. The summed E-state index contributed by atoms with van der Waals surface area (Å²) in [4.78, 5) is 30.5. The zero-order valence-corrected chi connectivity index (χ0v) is 18.9. The Morgan fingerprint density at radius 2 is 2.06 bits per heavy atom. The number of halogens is 1. The number of anilines is 3. The highest BCUT2D eigenvalue weighted by atomic mass is 32.1. The standard InChI is InChI=1S/C22H21FN6O4S/c1-33-15-6-7-16(24)18(10-15)26-21(30)22-27-17-8-9-28(11-19(17)34-22)20(12-29(31)32)25-14-4-2-13(23)3-5-14/h2-7,10,12,25H,8-9,11,24H2,1H3,(H,26,30)/b20-12-. The molecule has 0 unspecified atom stereocenters. The maximum atomic E-state index is 13.2.